The Morgan fingerprint density at radius 1 is 0.933 bits per heavy atom. The zero-order valence-electron chi connectivity index (χ0n) is 16.2. The van der Waals surface area contributed by atoms with Gasteiger partial charge < -0.3 is 4.90 Å². The van der Waals surface area contributed by atoms with Crippen molar-refractivity contribution in [3.63, 3.8) is 0 Å². The van der Waals surface area contributed by atoms with Gasteiger partial charge in [-0.1, -0.05) is 63.9 Å². The van der Waals surface area contributed by atoms with Crippen molar-refractivity contribution in [3.8, 4) is 0 Å². The molecular weight excluding hydrogens is 488 g/mol. The molecule has 0 aliphatic rings. The zero-order valence-corrected chi connectivity index (χ0v) is 19.4. The van der Waals surface area contributed by atoms with Gasteiger partial charge in [0.2, 0.25) is 15.9 Å². The second kappa shape index (κ2) is 9.75. The summed E-state index contributed by atoms with van der Waals surface area (Å²) in [5.74, 6) is -0.353. The molecule has 156 valence electrons. The van der Waals surface area contributed by atoms with Gasteiger partial charge in [0.05, 0.1) is 11.4 Å². The van der Waals surface area contributed by atoms with Crippen LogP contribution in [0.15, 0.2) is 88.2 Å². The summed E-state index contributed by atoms with van der Waals surface area (Å²) >= 11 is 9.57. The third-order valence-corrected chi connectivity index (χ3v) is 7.29. The normalized spacial score (nSPS) is 11.5. The van der Waals surface area contributed by atoms with Crippen molar-refractivity contribution in [3.05, 3.63) is 93.9 Å². The van der Waals surface area contributed by atoms with E-state index in [0.717, 1.165) is 8.78 Å². The lowest BCUT2D eigenvalue weighted by Gasteiger charge is -2.25. The number of carbonyl (C=O) groups is 1. The minimum absolute atomic E-state index is 0.0214. The van der Waals surface area contributed by atoms with Crippen molar-refractivity contribution >= 4 is 49.1 Å². The molecule has 0 aliphatic heterocycles. The van der Waals surface area contributed by atoms with Crippen LogP contribution in [0, 0.1) is 0 Å². The molecule has 0 saturated heterocycles. The number of para-hydroxylation sites is 1. The summed E-state index contributed by atoms with van der Waals surface area (Å²) in [6.45, 7) is -0.346. The molecule has 0 N–H and O–H groups in total. The lowest BCUT2D eigenvalue weighted by atomic mass is 10.2. The summed E-state index contributed by atoms with van der Waals surface area (Å²) in [7, 11) is -2.31. The van der Waals surface area contributed by atoms with Gasteiger partial charge in [0, 0.05) is 28.8 Å². The topological polar surface area (TPSA) is 57.7 Å². The quantitative estimate of drug-likeness (QED) is 0.454. The Kier molecular flexibility index (Phi) is 7.31. The van der Waals surface area contributed by atoms with Gasteiger partial charge >= 0.3 is 0 Å². The SMILES string of the molecule is CN(C(=O)CN(Cc1ccccc1Cl)S(=O)(=O)c1ccc(Br)cc1)c1ccccc1. The number of anilines is 1. The van der Waals surface area contributed by atoms with Crippen molar-refractivity contribution in [1.29, 1.82) is 0 Å². The molecule has 0 bridgehead atoms. The highest BCUT2D eigenvalue weighted by Crippen LogP contribution is 2.24. The minimum atomic E-state index is -3.94. The van der Waals surface area contributed by atoms with E-state index in [4.69, 9.17) is 11.6 Å². The lowest BCUT2D eigenvalue weighted by molar-refractivity contribution is -0.118. The molecule has 0 aromatic heterocycles. The van der Waals surface area contributed by atoms with Crippen molar-refractivity contribution < 1.29 is 13.2 Å². The number of likely N-dealkylation sites (N-methyl/N-ethyl adjacent to an activating group) is 1. The fourth-order valence-electron chi connectivity index (χ4n) is 2.85. The number of hydrogen-bond donors (Lipinski definition) is 0. The zero-order chi connectivity index (χ0) is 21.7. The Hall–Kier alpha value is -2.19. The second-order valence-corrected chi connectivity index (χ2v) is 9.87. The molecule has 30 heavy (non-hydrogen) atoms. The van der Waals surface area contributed by atoms with E-state index in [-0.39, 0.29) is 23.9 Å². The van der Waals surface area contributed by atoms with Crippen molar-refractivity contribution in [2.75, 3.05) is 18.5 Å². The summed E-state index contributed by atoms with van der Waals surface area (Å²) in [6, 6.07) is 22.4. The molecule has 0 radical (unpaired) electrons. The van der Waals surface area contributed by atoms with Gasteiger partial charge in [-0.25, -0.2) is 8.42 Å². The largest absolute Gasteiger partial charge is 0.314 e. The molecule has 8 heteroatoms. The molecule has 0 spiro atoms. The van der Waals surface area contributed by atoms with E-state index >= 15 is 0 Å². The maximum Gasteiger partial charge on any atom is 0.243 e. The Morgan fingerprint density at radius 2 is 1.53 bits per heavy atom. The average Bonchev–Trinajstić information content (AvgIpc) is 2.75. The van der Waals surface area contributed by atoms with Crippen LogP contribution in [0.5, 0.6) is 0 Å². The third-order valence-electron chi connectivity index (χ3n) is 4.59. The number of sulfonamides is 1. The van der Waals surface area contributed by atoms with Crippen LogP contribution in [0.2, 0.25) is 5.02 Å². The van der Waals surface area contributed by atoms with E-state index in [1.165, 1.54) is 17.0 Å². The lowest BCUT2D eigenvalue weighted by Crippen LogP contribution is -2.41. The molecule has 0 saturated carbocycles. The maximum absolute atomic E-state index is 13.4. The van der Waals surface area contributed by atoms with Gasteiger partial charge in [-0.2, -0.15) is 4.31 Å². The molecule has 3 aromatic carbocycles. The van der Waals surface area contributed by atoms with Gasteiger partial charge in [0.25, 0.3) is 0 Å². The number of nitrogens with zero attached hydrogens (tertiary/aromatic N) is 2. The van der Waals surface area contributed by atoms with Crippen LogP contribution in [-0.2, 0) is 21.4 Å². The number of carbonyl (C=O) groups excluding carboxylic acids is 1. The smallest absolute Gasteiger partial charge is 0.243 e. The summed E-state index contributed by atoms with van der Waals surface area (Å²) in [4.78, 5) is 14.5. The average molecular weight is 508 g/mol. The van der Waals surface area contributed by atoms with Crippen LogP contribution in [-0.4, -0.2) is 32.2 Å². The fraction of sp³-hybridized carbons (Fsp3) is 0.136. The molecule has 3 rings (SSSR count). The van der Waals surface area contributed by atoms with Crippen LogP contribution in [0.25, 0.3) is 0 Å². The van der Waals surface area contributed by atoms with E-state index in [1.807, 2.05) is 18.2 Å². The van der Waals surface area contributed by atoms with Gasteiger partial charge in [0.1, 0.15) is 0 Å². The first-order valence-electron chi connectivity index (χ1n) is 9.10. The van der Waals surface area contributed by atoms with Gasteiger partial charge in [-0.05, 0) is 48.0 Å². The Bertz CT molecular complexity index is 1120. The number of amides is 1. The van der Waals surface area contributed by atoms with Crippen LogP contribution < -0.4 is 4.90 Å². The highest BCUT2D eigenvalue weighted by Gasteiger charge is 2.28. The maximum atomic E-state index is 13.4. The molecule has 0 heterocycles. The van der Waals surface area contributed by atoms with E-state index in [1.54, 1.807) is 55.6 Å². The Balaban J connectivity index is 1.94. The van der Waals surface area contributed by atoms with Crippen molar-refractivity contribution in [1.82, 2.24) is 4.31 Å². The van der Waals surface area contributed by atoms with Gasteiger partial charge in [0.15, 0.2) is 0 Å². The number of benzene rings is 3. The Labute approximate surface area is 190 Å². The van der Waals surface area contributed by atoms with Crippen LogP contribution in [0.1, 0.15) is 5.56 Å². The molecule has 0 unspecified atom stereocenters. The van der Waals surface area contributed by atoms with Crippen LogP contribution in [0.3, 0.4) is 0 Å². The first kappa shape index (κ1) is 22.5. The van der Waals surface area contributed by atoms with Crippen molar-refractivity contribution in [2.24, 2.45) is 0 Å². The number of halogens is 2. The number of rotatable bonds is 7. The summed E-state index contributed by atoms with van der Waals surface area (Å²) in [5.41, 5.74) is 1.30. The van der Waals surface area contributed by atoms with E-state index < -0.39 is 10.0 Å². The molecular formula is C22H20BrClN2O3S. The van der Waals surface area contributed by atoms with Crippen LogP contribution in [0.4, 0.5) is 5.69 Å². The van der Waals surface area contributed by atoms with Crippen LogP contribution >= 0.6 is 27.5 Å². The van der Waals surface area contributed by atoms with E-state index in [0.29, 0.717) is 16.3 Å². The second-order valence-electron chi connectivity index (χ2n) is 6.61. The van der Waals surface area contributed by atoms with E-state index in [9.17, 15) is 13.2 Å². The summed E-state index contributed by atoms with van der Waals surface area (Å²) in [5, 5.41) is 0.442. The standard InChI is InChI=1S/C22H20BrClN2O3S/c1-25(19-8-3-2-4-9-19)22(27)16-26(15-17-7-5-6-10-21(17)24)30(28,29)20-13-11-18(23)12-14-20/h2-14H,15-16H2,1H3. The molecule has 0 fully saturated rings. The first-order valence-corrected chi connectivity index (χ1v) is 11.7. The molecule has 3 aromatic rings. The highest BCUT2D eigenvalue weighted by atomic mass is 79.9. The van der Waals surface area contributed by atoms with Crippen molar-refractivity contribution in [2.45, 2.75) is 11.4 Å². The summed E-state index contributed by atoms with van der Waals surface area (Å²) < 4.78 is 28.6. The molecule has 5 nitrogen and oxygen atoms in total. The van der Waals surface area contributed by atoms with Gasteiger partial charge in [-0.15, -0.1) is 0 Å². The fourth-order valence-corrected chi connectivity index (χ4v) is 4.68. The van der Waals surface area contributed by atoms with Gasteiger partial charge in [-0.3, -0.25) is 4.79 Å². The molecule has 0 aliphatic carbocycles. The summed E-state index contributed by atoms with van der Waals surface area (Å²) in [6.07, 6.45) is 0. The number of hydrogen-bond acceptors (Lipinski definition) is 3. The van der Waals surface area contributed by atoms with E-state index in [2.05, 4.69) is 15.9 Å². The highest BCUT2D eigenvalue weighted by molar-refractivity contribution is 9.10. The molecule has 1 amide bonds. The monoisotopic (exact) mass is 506 g/mol. The Morgan fingerprint density at radius 3 is 2.17 bits per heavy atom. The predicted molar refractivity (Wildman–Crippen MR) is 123 cm³/mol. The molecule has 0 atom stereocenters. The third kappa shape index (κ3) is 5.29. The minimum Gasteiger partial charge on any atom is -0.314 e. The predicted octanol–water partition coefficient (Wildman–Crippen LogP) is 4.96. The first-order chi connectivity index (χ1) is 14.3.